The Balaban J connectivity index is 2.49. The molecule has 0 saturated heterocycles. The molecular formula is C14H9Cl3F2. The van der Waals surface area contributed by atoms with Crippen LogP contribution in [0, 0.1) is 18.6 Å². The van der Waals surface area contributed by atoms with E-state index in [1.165, 1.54) is 24.3 Å². The van der Waals surface area contributed by atoms with Crippen LogP contribution in [0.3, 0.4) is 0 Å². The molecule has 1 atom stereocenters. The molecule has 0 heterocycles. The molecule has 19 heavy (non-hydrogen) atoms. The highest BCUT2D eigenvalue weighted by Gasteiger charge is 2.19. The third-order valence-electron chi connectivity index (χ3n) is 2.79. The average Bonchev–Trinajstić information content (AvgIpc) is 2.33. The van der Waals surface area contributed by atoms with E-state index in [4.69, 9.17) is 34.8 Å². The first-order valence-electron chi connectivity index (χ1n) is 5.44. The summed E-state index contributed by atoms with van der Waals surface area (Å²) in [6, 6.07) is 6.90. The molecule has 0 amide bonds. The molecule has 0 nitrogen and oxygen atoms in total. The second kappa shape index (κ2) is 5.66. The zero-order chi connectivity index (χ0) is 14.2. The van der Waals surface area contributed by atoms with E-state index >= 15 is 0 Å². The predicted octanol–water partition coefficient (Wildman–Crippen LogP) is 5.91. The monoisotopic (exact) mass is 320 g/mol. The van der Waals surface area contributed by atoms with E-state index in [1.54, 1.807) is 13.0 Å². The molecule has 0 aliphatic carbocycles. The molecule has 0 radical (unpaired) electrons. The normalized spacial score (nSPS) is 12.5. The number of hydrogen-bond donors (Lipinski definition) is 0. The van der Waals surface area contributed by atoms with Gasteiger partial charge in [-0.1, -0.05) is 29.3 Å². The van der Waals surface area contributed by atoms with Gasteiger partial charge in [0.1, 0.15) is 11.6 Å². The quantitative estimate of drug-likeness (QED) is 0.603. The number of alkyl halides is 1. The summed E-state index contributed by atoms with van der Waals surface area (Å²) in [6.07, 6.45) is 0. The molecule has 0 aliphatic rings. The first-order valence-corrected chi connectivity index (χ1v) is 6.64. The van der Waals surface area contributed by atoms with Crippen molar-refractivity contribution < 1.29 is 8.78 Å². The van der Waals surface area contributed by atoms with Gasteiger partial charge in [0, 0.05) is 15.6 Å². The molecule has 2 rings (SSSR count). The number of benzene rings is 2. The Hall–Kier alpha value is -0.830. The zero-order valence-corrected chi connectivity index (χ0v) is 12.1. The van der Waals surface area contributed by atoms with Crippen molar-refractivity contribution in [2.75, 3.05) is 0 Å². The van der Waals surface area contributed by atoms with Crippen LogP contribution in [0.2, 0.25) is 10.0 Å². The van der Waals surface area contributed by atoms with Crippen LogP contribution in [-0.4, -0.2) is 0 Å². The minimum absolute atomic E-state index is 0.164. The smallest absolute Gasteiger partial charge is 0.129 e. The second-order valence-electron chi connectivity index (χ2n) is 4.15. The Labute approximate surface area is 124 Å². The number of rotatable bonds is 2. The maximum absolute atomic E-state index is 13.8. The lowest BCUT2D eigenvalue weighted by atomic mass is 10.0. The molecule has 100 valence electrons. The number of aryl methyl sites for hydroxylation is 1. The fourth-order valence-electron chi connectivity index (χ4n) is 1.75. The molecule has 2 aromatic rings. The van der Waals surface area contributed by atoms with Crippen LogP contribution in [0.1, 0.15) is 22.1 Å². The summed E-state index contributed by atoms with van der Waals surface area (Å²) in [5, 5.41) is -0.354. The van der Waals surface area contributed by atoms with Crippen molar-refractivity contribution >= 4 is 34.8 Å². The molecule has 0 N–H and O–H groups in total. The zero-order valence-electron chi connectivity index (χ0n) is 9.85. The Morgan fingerprint density at radius 1 is 0.947 bits per heavy atom. The second-order valence-corrected chi connectivity index (χ2v) is 5.43. The highest BCUT2D eigenvalue weighted by Crippen LogP contribution is 2.36. The minimum atomic E-state index is -0.802. The predicted molar refractivity (Wildman–Crippen MR) is 75.3 cm³/mol. The number of halogens is 5. The summed E-state index contributed by atoms with van der Waals surface area (Å²) >= 11 is 17.9. The van der Waals surface area contributed by atoms with Crippen LogP contribution < -0.4 is 0 Å². The first-order chi connectivity index (χ1) is 8.90. The fourth-order valence-corrected chi connectivity index (χ4v) is 2.58. The fraction of sp³-hybridized carbons (Fsp3) is 0.143. The van der Waals surface area contributed by atoms with Crippen LogP contribution in [0.5, 0.6) is 0 Å². The van der Waals surface area contributed by atoms with Gasteiger partial charge in [0.25, 0.3) is 0 Å². The van der Waals surface area contributed by atoms with Crippen molar-refractivity contribution in [1.82, 2.24) is 0 Å². The molecule has 5 heteroatoms. The molecule has 0 bridgehead atoms. The molecule has 0 aromatic heterocycles. The largest absolute Gasteiger partial charge is 0.207 e. The van der Waals surface area contributed by atoms with Crippen molar-refractivity contribution in [1.29, 1.82) is 0 Å². The van der Waals surface area contributed by atoms with Gasteiger partial charge in [0.05, 0.1) is 5.38 Å². The van der Waals surface area contributed by atoms with Gasteiger partial charge in [-0.25, -0.2) is 8.78 Å². The van der Waals surface area contributed by atoms with Crippen molar-refractivity contribution in [3.63, 3.8) is 0 Å². The third-order valence-corrected chi connectivity index (χ3v) is 3.82. The summed E-state index contributed by atoms with van der Waals surface area (Å²) in [7, 11) is 0. The van der Waals surface area contributed by atoms with Gasteiger partial charge in [-0.15, -0.1) is 11.6 Å². The van der Waals surface area contributed by atoms with E-state index in [0.717, 1.165) is 0 Å². The topological polar surface area (TPSA) is 0 Å². The minimum Gasteiger partial charge on any atom is -0.207 e. The molecule has 0 fully saturated rings. The van der Waals surface area contributed by atoms with E-state index in [9.17, 15) is 8.78 Å². The van der Waals surface area contributed by atoms with Crippen molar-refractivity contribution in [2.24, 2.45) is 0 Å². The van der Waals surface area contributed by atoms with Gasteiger partial charge in [-0.3, -0.25) is 0 Å². The lowest BCUT2D eigenvalue weighted by molar-refractivity contribution is 0.610. The van der Waals surface area contributed by atoms with Gasteiger partial charge < -0.3 is 0 Å². The standard InChI is InChI=1S/C14H9Cl3F2/c1-7-4-10(11(16)6-12(7)18)14(17)9-3-2-8(15)5-13(9)19/h2-6,14H,1H3. The first kappa shape index (κ1) is 14.6. The highest BCUT2D eigenvalue weighted by atomic mass is 35.5. The average molecular weight is 322 g/mol. The summed E-state index contributed by atoms with van der Waals surface area (Å²) in [5.74, 6) is -0.945. The lowest BCUT2D eigenvalue weighted by Crippen LogP contribution is -1.99. The summed E-state index contributed by atoms with van der Waals surface area (Å²) in [6.45, 7) is 1.59. The van der Waals surface area contributed by atoms with Crippen LogP contribution in [0.25, 0.3) is 0 Å². The van der Waals surface area contributed by atoms with Crippen molar-refractivity contribution in [2.45, 2.75) is 12.3 Å². The van der Waals surface area contributed by atoms with E-state index < -0.39 is 17.0 Å². The summed E-state index contributed by atoms with van der Waals surface area (Å²) < 4.78 is 27.2. The third kappa shape index (κ3) is 3.02. The van der Waals surface area contributed by atoms with Crippen LogP contribution >= 0.6 is 34.8 Å². The van der Waals surface area contributed by atoms with E-state index in [1.807, 2.05) is 0 Å². The van der Waals surface area contributed by atoms with Gasteiger partial charge in [-0.05, 0) is 42.3 Å². The Morgan fingerprint density at radius 2 is 1.63 bits per heavy atom. The number of hydrogen-bond acceptors (Lipinski definition) is 0. The van der Waals surface area contributed by atoms with Crippen LogP contribution in [0.4, 0.5) is 8.78 Å². The van der Waals surface area contributed by atoms with E-state index in [2.05, 4.69) is 0 Å². The molecule has 1 unspecified atom stereocenters. The Morgan fingerprint density at radius 3 is 2.26 bits per heavy atom. The van der Waals surface area contributed by atoms with E-state index in [-0.39, 0.29) is 15.6 Å². The maximum atomic E-state index is 13.8. The van der Waals surface area contributed by atoms with Gasteiger partial charge in [-0.2, -0.15) is 0 Å². The van der Waals surface area contributed by atoms with Crippen molar-refractivity contribution in [3.05, 3.63) is 68.7 Å². The van der Waals surface area contributed by atoms with Gasteiger partial charge in [0.15, 0.2) is 0 Å². The maximum Gasteiger partial charge on any atom is 0.129 e. The summed E-state index contributed by atoms with van der Waals surface area (Å²) in [5.41, 5.74) is 1.11. The Bertz CT molecular complexity index is 626. The summed E-state index contributed by atoms with van der Waals surface area (Å²) in [4.78, 5) is 0. The lowest BCUT2D eigenvalue weighted by Gasteiger charge is -2.14. The SMILES string of the molecule is Cc1cc(C(Cl)c2ccc(Cl)cc2F)c(Cl)cc1F. The molecule has 2 aromatic carbocycles. The van der Waals surface area contributed by atoms with Crippen molar-refractivity contribution in [3.8, 4) is 0 Å². The van der Waals surface area contributed by atoms with Gasteiger partial charge in [0.2, 0.25) is 0 Å². The van der Waals surface area contributed by atoms with Crippen LogP contribution in [-0.2, 0) is 0 Å². The molecule has 0 saturated carbocycles. The molecular weight excluding hydrogens is 313 g/mol. The van der Waals surface area contributed by atoms with Crippen LogP contribution in [0.15, 0.2) is 30.3 Å². The van der Waals surface area contributed by atoms with E-state index in [0.29, 0.717) is 11.1 Å². The Kier molecular flexibility index (Phi) is 4.34. The highest BCUT2D eigenvalue weighted by molar-refractivity contribution is 6.33. The van der Waals surface area contributed by atoms with Gasteiger partial charge >= 0.3 is 0 Å². The molecule has 0 spiro atoms. The molecule has 0 aliphatic heterocycles.